The molecule has 29 heavy (non-hydrogen) atoms. The Hall–Kier alpha value is -1.15. The van der Waals surface area contributed by atoms with Crippen molar-refractivity contribution >= 4 is 27.6 Å². The molecule has 0 heterocycles. The van der Waals surface area contributed by atoms with E-state index in [0.29, 0.717) is 37.0 Å². The number of anilines is 1. The first-order valence-electron chi connectivity index (χ1n) is 10.8. The SMILES string of the molecule is CCN(CCO)CCOC(=O)c1cc(Br)c(N)c(CN(CC)C2CCCCC2)c1. The molecule has 0 bridgehead atoms. The largest absolute Gasteiger partial charge is 0.461 e. The molecule has 3 N–H and O–H groups in total. The third-order valence-corrected chi connectivity index (χ3v) is 6.48. The molecule has 0 unspecified atom stereocenters. The number of nitrogens with zero attached hydrogens (tertiary/aromatic N) is 2. The van der Waals surface area contributed by atoms with Crippen molar-refractivity contribution in [3.63, 3.8) is 0 Å². The number of hydrogen-bond acceptors (Lipinski definition) is 6. The van der Waals surface area contributed by atoms with Crippen LogP contribution in [0.3, 0.4) is 0 Å². The van der Waals surface area contributed by atoms with E-state index in [9.17, 15) is 4.79 Å². The van der Waals surface area contributed by atoms with Crippen LogP contribution in [0, 0.1) is 0 Å². The molecule has 1 saturated carbocycles. The number of carbonyl (C=O) groups excluding carboxylic acids is 1. The van der Waals surface area contributed by atoms with Gasteiger partial charge in [-0.2, -0.15) is 0 Å². The van der Waals surface area contributed by atoms with E-state index in [2.05, 4.69) is 27.8 Å². The average Bonchev–Trinajstić information content (AvgIpc) is 2.74. The highest BCUT2D eigenvalue weighted by Crippen LogP contribution is 2.29. The number of esters is 1. The van der Waals surface area contributed by atoms with Crippen LogP contribution in [0.15, 0.2) is 16.6 Å². The van der Waals surface area contributed by atoms with E-state index in [1.807, 2.05) is 17.9 Å². The number of rotatable bonds is 11. The Morgan fingerprint density at radius 2 is 1.93 bits per heavy atom. The van der Waals surface area contributed by atoms with Gasteiger partial charge in [0, 0.05) is 30.1 Å². The summed E-state index contributed by atoms with van der Waals surface area (Å²) in [5.74, 6) is -0.340. The minimum absolute atomic E-state index is 0.102. The van der Waals surface area contributed by atoms with E-state index in [4.69, 9.17) is 15.6 Å². The Balaban J connectivity index is 2.04. The second-order valence-electron chi connectivity index (χ2n) is 7.68. The molecule has 6 nitrogen and oxygen atoms in total. The lowest BCUT2D eigenvalue weighted by atomic mass is 9.93. The van der Waals surface area contributed by atoms with Crippen LogP contribution in [0.5, 0.6) is 0 Å². The Morgan fingerprint density at radius 1 is 1.21 bits per heavy atom. The molecule has 2 rings (SSSR count). The Morgan fingerprint density at radius 3 is 2.55 bits per heavy atom. The van der Waals surface area contributed by atoms with Crippen LogP contribution in [-0.4, -0.2) is 66.3 Å². The summed E-state index contributed by atoms with van der Waals surface area (Å²) < 4.78 is 6.20. The van der Waals surface area contributed by atoms with E-state index in [0.717, 1.165) is 29.7 Å². The minimum Gasteiger partial charge on any atom is -0.461 e. The fourth-order valence-electron chi connectivity index (χ4n) is 4.01. The highest BCUT2D eigenvalue weighted by molar-refractivity contribution is 9.10. The predicted molar refractivity (Wildman–Crippen MR) is 121 cm³/mol. The van der Waals surface area contributed by atoms with Crippen LogP contribution in [-0.2, 0) is 11.3 Å². The van der Waals surface area contributed by atoms with Gasteiger partial charge in [-0.05, 0) is 59.6 Å². The second-order valence-corrected chi connectivity index (χ2v) is 8.53. The summed E-state index contributed by atoms with van der Waals surface area (Å²) in [4.78, 5) is 17.1. The molecule has 7 heteroatoms. The molecule has 0 saturated heterocycles. The van der Waals surface area contributed by atoms with Gasteiger partial charge in [-0.15, -0.1) is 0 Å². The third-order valence-electron chi connectivity index (χ3n) is 5.83. The van der Waals surface area contributed by atoms with Crippen LogP contribution in [0.2, 0.25) is 0 Å². The van der Waals surface area contributed by atoms with Crippen molar-refractivity contribution in [1.29, 1.82) is 0 Å². The fraction of sp³-hybridized carbons (Fsp3) is 0.682. The monoisotopic (exact) mass is 469 g/mol. The quantitative estimate of drug-likeness (QED) is 0.380. The standard InChI is InChI=1S/C22H36BrN3O3/c1-3-25(10-12-27)11-13-29-22(28)17-14-18(21(24)20(23)15-17)16-26(4-2)19-8-6-5-7-9-19/h14-15,19,27H,3-13,16,24H2,1-2H3. The predicted octanol–water partition coefficient (Wildman–Crippen LogP) is 3.66. The molecule has 0 spiro atoms. The van der Waals surface area contributed by atoms with Crippen LogP contribution >= 0.6 is 15.9 Å². The minimum atomic E-state index is -0.340. The number of benzene rings is 1. The summed E-state index contributed by atoms with van der Waals surface area (Å²) >= 11 is 3.51. The number of ether oxygens (including phenoxy) is 1. The van der Waals surface area contributed by atoms with Crippen LogP contribution in [0.25, 0.3) is 0 Å². The maximum absolute atomic E-state index is 12.6. The number of aliphatic hydroxyl groups is 1. The summed E-state index contributed by atoms with van der Waals surface area (Å²) in [6.07, 6.45) is 6.38. The summed E-state index contributed by atoms with van der Waals surface area (Å²) in [5, 5.41) is 9.06. The molecular weight excluding hydrogens is 434 g/mol. The lowest BCUT2D eigenvalue weighted by molar-refractivity contribution is 0.0456. The van der Waals surface area contributed by atoms with E-state index >= 15 is 0 Å². The first-order valence-corrected chi connectivity index (χ1v) is 11.6. The summed E-state index contributed by atoms with van der Waals surface area (Å²) in [5.41, 5.74) is 8.50. The van der Waals surface area contributed by atoms with Gasteiger partial charge in [0.1, 0.15) is 6.61 Å². The van der Waals surface area contributed by atoms with Crippen molar-refractivity contribution in [3.05, 3.63) is 27.7 Å². The number of hydrogen-bond donors (Lipinski definition) is 2. The summed E-state index contributed by atoms with van der Waals surface area (Å²) in [7, 11) is 0. The second kappa shape index (κ2) is 12.5. The van der Waals surface area contributed by atoms with Crippen molar-refractivity contribution < 1.29 is 14.6 Å². The Bertz CT molecular complexity index is 650. The lowest BCUT2D eigenvalue weighted by Gasteiger charge is -2.34. The van der Waals surface area contributed by atoms with Gasteiger partial charge in [-0.3, -0.25) is 9.80 Å². The normalized spacial score (nSPS) is 15.2. The third kappa shape index (κ3) is 7.24. The zero-order chi connectivity index (χ0) is 21.2. The molecule has 1 fully saturated rings. The average molecular weight is 470 g/mol. The van der Waals surface area contributed by atoms with Crippen LogP contribution in [0.4, 0.5) is 5.69 Å². The summed E-state index contributed by atoms with van der Waals surface area (Å²) in [6.45, 7) is 8.32. The number of likely N-dealkylation sites (N-methyl/N-ethyl adjacent to an activating group) is 1. The Labute approximate surface area is 183 Å². The number of carbonyl (C=O) groups is 1. The van der Waals surface area contributed by atoms with Gasteiger partial charge in [-0.25, -0.2) is 4.79 Å². The smallest absolute Gasteiger partial charge is 0.338 e. The van der Waals surface area contributed by atoms with Gasteiger partial charge in [0.2, 0.25) is 0 Å². The Kier molecular flexibility index (Phi) is 10.4. The molecule has 0 aliphatic heterocycles. The topological polar surface area (TPSA) is 79.0 Å². The van der Waals surface area contributed by atoms with Crippen molar-refractivity contribution in [2.24, 2.45) is 0 Å². The molecule has 1 aromatic carbocycles. The van der Waals surface area contributed by atoms with Crippen LogP contribution < -0.4 is 5.73 Å². The number of aliphatic hydroxyl groups excluding tert-OH is 1. The fourth-order valence-corrected chi connectivity index (χ4v) is 4.51. The number of nitrogens with two attached hydrogens (primary N) is 1. The molecule has 0 radical (unpaired) electrons. The van der Waals surface area contributed by atoms with Gasteiger partial charge in [-0.1, -0.05) is 33.1 Å². The molecule has 164 valence electrons. The molecule has 1 aliphatic carbocycles. The maximum atomic E-state index is 12.6. The first-order chi connectivity index (χ1) is 14.0. The molecule has 1 aliphatic rings. The van der Waals surface area contributed by atoms with Gasteiger partial charge >= 0.3 is 5.97 Å². The van der Waals surface area contributed by atoms with E-state index in [-0.39, 0.29) is 12.6 Å². The zero-order valence-electron chi connectivity index (χ0n) is 17.8. The van der Waals surface area contributed by atoms with E-state index < -0.39 is 0 Å². The molecule has 0 amide bonds. The highest BCUT2D eigenvalue weighted by atomic mass is 79.9. The van der Waals surface area contributed by atoms with Gasteiger partial charge in [0.25, 0.3) is 0 Å². The molecular formula is C22H36BrN3O3. The van der Waals surface area contributed by atoms with Crippen molar-refractivity contribution in [2.45, 2.75) is 58.5 Å². The first kappa shape index (κ1) is 24.1. The van der Waals surface area contributed by atoms with E-state index in [1.165, 1.54) is 32.1 Å². The van der Waals surface area contributed by atoms with Gasteiger partial charge in [0.05, 0.1) is 17.9 Å². The maximum Gasteiger partial charge on any atom is 0.338 e. The van der Waals surface area contributed by atoms with Gasteiger partial charge < -0.3 is 15.6 Å². The lowest BCUT2D eigenvalue weighted by Crippen LogP contribution is -2.36. The zero-order valence-corrected chi connectivity index (χ0v) is 19.4. The number of nitrogen functional groups attached to an aromatic ring is 1. The summed E-state index contributed by atoms with van der Waals surface area (Å²) in [6, 6.07) is 4.21. The molecule has 0 atom stereocenters. The molecule has 0 aromatic heterocycles. The van der Waals surface area contributed by atoms with Crippen molar-refractivity contribution in [1.82, 2.24) is 9.80 Å². The molecule has 1 aromatic rings. The van der Waals surface area contributed by atoms with E-state index in [1.54, 1.807) is 6.07 Å². The van der Waals surface area contributed by atoms with Crippen molar-refractivity contribution in [3.8, 4) is 0 Å². The van der Waals surface area contributed by atoms with Crippen LogP contribution in [0.1, 0.15) is 61.9 Å². The van der Waals surface area contributed by atoms with Crippen molar-refractivity contribution in [2.75, 3.05) is 45.1 Å². The number of halogens is 1. The highest BCUT2D eigenvalue weighted by Gasteiger charge is 2.22. The van der Waals surface area contributed by atoms with Gasteiger partial charge in [0.15, 0.2) is 0 Å².